The summed E-state index contributed by atoms with van der Waals surface area (Å²) < 4.78 is 28.6. The number of aromatic nitrogens is 2. The molecule has 1 aromatic heterocycles. The summed E-state index contributed by atoms with van der Waals surface area (Å²) in [5.74, 6) is 0.889. The van der Waals surface area contributed by atoms with Gasteiger partial charge in [-0.2, -0.15) is 4.98 Å². The molecular weight excluding hydrogens is 416 g/mol. The quantitative estimate of drug-likeness (QED) is 0.703. The second kappa shape index (κ2) is 8.66. The molecule has 1 amide bonds. The van der Waals surface area contributed by atoms with E-state index in [-0.39, 0.29) is 11.4 Å². The summed E-state index contributed by atoms with van der Waals surface area (Å²) in [5, 5.41) is 3.82. The minimum absolute atomic E-state index is 0.180. The van der Waals surface area contributed by atoms with Crippen LogP contribution in [0.15, 0.2) is 48.0 Å². The number of carbonyl (C=O) groups excluding carboxylic acids is 1. The topological polar surface area (TPSA) is 101 Å². The van der Waals surface area contributed by atoms with Crippen LogP contribution in [0.4, 0.5) is 5.95 Å². The molecule has 1 atom stereocenters. The molecule has 0 radical (unpaired) electrons. The highest BCUT2D eigenvalue weighted by atomic mass is 32.2. The molecule has 0 saturated carbocycles. The van der Waals surface area contributed by atoms with Crippen molar-refractivity contribution >= 4 is 21.7 Å². The van der Waals surface area contributed by atoms with Gasteiger partial charge in [0, 0.05) is 36.0 Å². The molecule has 2 aliphatic rings. The van der Waals surface area contributed by atoms with E-state index in [4.69, 9.17) is 4.74 Å². The average molecular weight is 443 g/mol. The van der Waals surface area contributed by atoms with Gasteiger partial charge in [-0.3, -0.25) is 4.79 Å². The SMILES string of the molecule is CC(/C=C/S(C)(=O)=O)NC(=O)c1cnc(N2C3CCC2CC3)nc1Oc1ccccc1. The van der Waals surface area contributed by atoms with Crippen molar-refractivity contribution in [2.75, 3.05) is 11.2 Å². The molecule has 8 nitrogen and oxygen atoms in total. The third-order valence-corrected chi connectivity index (χ3v) is 6.25. The van der Waals surface area contributed by atoms with Gasteiger partial charge in [0.05, 0.1) is 0 Å². The van der Waals surface area contributed by atoms with Crippen molar-refractivity contribution in [1.29, 1.82) is 0 Å². The number of para-hydroxylation sites is 1. The second-order valence-corrected chi connectivity index (χ2v) is 10.0. The van der Waals surface area contributed by atoms with Gasteiger partial charge in [-0.1, -0.05) is 24.3 Å². The molecule has 0 aliphatic carbocycles. The van der Waals surface area contributed by atoms with Crippen LogP contribution in [0.3, 0.4) is 0 Å². The molecule has 1 unspecified atom stereocenters. The molecule has 1 N–H and O–H groups in total. The van der Waals surface area contributed by atoms with E-state index < -0.39 is 21.8 Å². The molecule has 2 bridgehead atoms. The molecule has 2 fully saturated rings. The normalized spacial score (nSPS) is 21.4. The van der Waals surface area contributed by atoms with Crippen molar-refractivity contribution in [1.82, 2.24) is 15.3 Å². The lowest BCUT2D eigenvalue weighted by atomic mass is 10.0. The van der Waals surface area contributed by atoms with E-state index in [1.807, 2.05) is 18.2 Å². The number of benzene rings is 1. The van der Waals surface area contributed by atoms with Crippen LogP contribution in [0.2, 0.25) is 0 Å². The number of fused-ring (bicyclic) bond motifs is 2. The first-order valence-corrected chi connectivity index (χ1v) is 12.3. The monoisotopic (exact) mass is 442 g/mol. The molecular formula is C22H26N4O4S. The maximum atomic E-state index is 12.9. The highest BCUT2D eigenvalue weighted by molar-refractivity contribution is 7.93. The Labute approximate surface area is 182 Å². The number of sulfone groups is 1. The van der Waals surface area contributed by atoms with Crippen molar-refractivity contribution in [2.45, 2.75) is 50.7 Å². The summed E-state index contributed by atoms with van der Waals surface area (Å²) in [4.78, 5) is 24.2. The third-order valence-electron chi connectivity index (χ3n) is 5.60. The summed E-state index contributed by atoms with van der Waals surface area (Å²) in [7, 11) is -3.27. The Morgan fingerprint density at radius 2 is 1.84 bits per heavy atom. The number of nitrogens with one attached hydrogen (secondary N) is 1. The number of rotatable bonds is 7. The largest absolute Gasteiger partial charge is 0.438 e. The zero-order chi connectivity index (χ0) is 22.0. The van der Waals surface area contributed by atoms with Gasteiger partial charge in [0.25, 0.3) is 5.91 Å². The predicted molar refractivity (Wildman–Crippen MR) is 118 cm³/mol. The third kappa shape index (κ3) is 5.04. The number of anilines is 1. The molecule has 9 heteroatoms. The number of hydrogen-bond donors (Lipinski definition) is 1. The maximum absolute atomic E-state index is 12.9. The van der Waals surface area contributed by atoms with Crippen LogP contribution in [0.1, 0.15) is 43.0 Å². The highest BCUT2D eigenvalue weighted by Crippen LogP contribution is 2.40. The number of ether oxygens (including phenoxy) is 1. The van der Waals surface area contributed by atoms with Crippen LogP contribution >= 0.6 is 0 Å². The Balaban J connectivity index is 1.61. The molecule has 2 saturated heterocycles. The smallest absolute Gasteiger partial charge is 0.258 e. The Hall–Kier alpha value is -2.94. The van der Waals surface area contributed by atoms with Crippen LogP contribution in [0, 0.1) is 0 Å². The van der Waals surface area contributed by atoms with Crippen LogP contribution in [0.25, 0.3) is 0 Å². The van der Waals surface area contributed by atoms with Gasteiger partial charge in [0.1, 0.15) is 11.3 Å². The van der Waals surface area contributed by atoms with E-state index in [9.17, 15) is 13.2 Å². The summed E-state index contributed by atoms with van der Waals surface area (Å²) in [6, 6.07) is 9.53. The lowest BCUT2D eigenvalue weighted by molar-refractivity contribution is 0.0943. The van der Waals surface area contributed by atoms with Crippen LogP contribution in [-0.4, -0.2) is 48.7 Å². The van der Waals surface area contributed by atoms with Crippen LogP contribution in [0.5, 0.6) is 11.6 Å². The number of hydrogen-bond acceptors (Lipinski definition) is 7. The van der Waals surface area contributed by atoms with Crippen molar-refractivity contribution in [3.05, 3.63) is 53.6 Å². The number of amides is 1. The van der Waals surface area contributed by atoms with E-state index in [0.29, 0.717) is 23.8 Å². The second-order valence-electron chi connectivity index (χ2n) is 8.09. The molecule has 2 aromatic rings. The summed E-state index contributed by atoms with van der Waals surface area (Å²) >= 11 is 0. The summed E-state index contributed by atoms with van der Waals surface area (Å²) in [5.41, 5.74) is 0.193. The van der Waals surface area contributed by atoms with Gasteiger partial charge in [-0.15, -0.1) is 0 Å². The fourth-order valence-electron chi connectivity index (χ4n) is 4.15. The molecule has 0 spiro atoms. The first-order chi connectivity index (χ1) is 14.8. The van der Waals surface area contributed by atoms with Crippen molar-refractivity contribution in [3.63, 3.8) is 0 Å². The van der Waals surface area contributed by atoms with E-state index in [1.54, 1.807) is 19.1 Å². The number of carbonyl (C=O) groups is 1. The molecule has 3 heterocycles. The zero-order valence-corrected chi connectivity index (χ0v) is 18.4. The molecule has 164 valence electrons. The first-order valence-electron chi connectivity index (χ1n) is 10.4. The van der Waals surface area contributed by atoms with E-state index >= 15 is 0 Å². The lowest BCUT2D eigenvalue weighted by Gasteiger charge is -2.23. The Bertz CT molecular complexity index is 1070. The van der Waals surface area contributed by atoms with Gasteiger partial charge >= 0.3 is 0 Å². The van der Waals surface area contributed by atoms with Gasteiger partial charge in [-0.25, -0.2) is 13.4 Å². The fourth-order valence-corrected chi connectivity index (χ4v) is 4.67. The number of nitrogens with zero attached hydrogens (tertiary/aromatic N) is 3. The molecule has 31 heavy (non-hydrogen) atoms. The van der Waals surface area contributed by atoms with Gasteiger partial charge in [-0.05, 0) is 44.7 Å². The van der Waals surface area contributed by atoms with Crippen LogP contribution < -0.4 is 15.0 Å². The lowest BCUT2D eigenvalue weighted by Crippen LogP contribution is -2.33. The summed E-state index contributed by atoms with van der Waals surface area (Å²) in [6.45, 7) is 1.69. The average Bonchev–Trinajstić information content (AvgIpc) is 3.33. The van der Waals surface area contributed by atoms with E-state index in [1.165, 1.54) is 12.3 Å². The van der Waals surface area contributed by atoms with Crippen molar-refractivity contribution in [3.8, 4) is 11.6 Å². The van der Waals surface area contributed by atoms with Gasteiger partial charge < -0.3 is 15.0 Å². The Kier molecular flexibility index (Phi) is 5.95. The predicted octanol–water partition coefficient (Wildman–Crippen LogP) is 3.08. The molecule has 4 rings (SSSR count). The first kappa shape index (κ1) is 21.3. The fraction of sp³-hybridized carbons (Fsp3) is 0.409. The highest BCUT2D eigenvalue weighted by Gasteiger charge is 2.41. The summed E-state index contributed by atoms with van der Waals surface area (Å²) in [6.07, 6.45) is 8.54. The van der Waals surface area contributed by atoms with Crippen molar-refractivity contribution in [2.24, 2.45) is 0 Å². The van der Waals surface area contributed by atoms with Gasteiger partial charge in [0.15, 0.2) is 9.84 Å². The van der Waals surface area contributed by atoms with Crippen molar-refractivity contribution < 1.29 is 17.9 Å². The molecule has 1 aromatic carbocycles. The van der Waals surface area contributed by atoms with Crippen LogP contribution in [-0.2, 0) is 9.84 Å². The minimum Gasteiger partial charge on any atom is -0.438 e. The van der Waals surface area contributed by atoms with E-state index in [2.05, 4.69) is 20.2 Å². The standard InChI is InChI=1S/C22H26N4O4S/c1-15(12-13-31(2,28)29)24-20(27)19-14-23-22(26-16-8-9-17(26)11-10-16)25-21(19)30-18-6-4-3-5-7-18/h3-7,12-17H,8-11H2,1-2H3,(H,24,27)/b13-12+. The zero-order valence-electron chi connectivity index (χ0n) is 17.6. The maximum Gasteiger partial charge on any atom is 0.258 e. The van der Waals surface area contributed by atoms with Gasteiger partial charge in [0.2, 0.25) is 11.8 Å². The van der Waals surface area contributed by atoms with E-state index in [0.717, 1.165) is 37.3 Å². The Morgan fingerprint density at radius 3 is 2.45 bits per heavy atom. The minimum atomic E-state index is -3.27. The Morgan fingerprint density at radius 1 is 1.19 bits per heavy atom. The molecule has 2 aliphatic heterocycles.